The van der Waals surface area contributed by atoms with Crippen molar-refractivity contribution in [2.75, 3.05) is 7.11 Å². The van der Waals surface area contributed by atoms with Gasteiger partial charge in [0.25, 0.3) is 5.69 Å². The van der Waals surface area contributed by atoms with E-state index in [0.29, 0.717) is 0 Å². The van der Waals surface area contributed by atoms with Gasteiger partial charge in [0, 0.05) is 6.07 Å². The molecule has 18 heavy (non-hydrogen) atoms. The number of nitrogens with two attached hydrogens (primary N) is 1. The normalized spacial score (nSPS) is 11.9. The highest BCUT2D eigenvalue weighted by Crippen LogP contribution is 2.38. The number of benzene rings is 1. The van der Waals surface area contributed by atoms with Crippen molar-refractivity contribution in [1.82, 2.24) is 0 Å². The van der Waals surface area contributed by atoms with Crippen LogP contribution < -0.4 is 5.73 Å². The van der Waals surface area contributed by atoms with Crippen LogP contribution in [0.15, 0.2) is 12.1 Å². The van der Waals surface area contributed by atoms with Crippen LogP contribution in [0.2, 0.25) is 5.02 Å². The zero-order valence-electron chi connectivity index (χ0n) is 9.42. The van der Waals surface area contributed by atoms with Crippen LogP contribution in [-0.4, -0.2) is 23.1 Å². The van der Waals surface area contributed by atoms with Gasteiger partial charge < -0.3 is 15.6 Å². The Balaban J connectivity index is 3.23. The summed E-state index contributed by atoms with van der Waals surface area (Å²) in [5.41, 5.74) is 5.08. The van der Waals surface area contributed by atoms with E-state index in [2.05, 4.69) is 4.74 Å². The average molecular weight is 275 g/mol. The fourth-order valence-corrected chi connectivity index (χ4v) is 1.63. The van der Waals surface area contributed by atoms with Crippen LogP contribution in [0.5, 0.6) is 5.75 Å². The number of esters is 1. The fourth-order valence-electron chi connectivity index (χ4n) is 1.46. The quantitative estimate of drug-likeness (QED) is 0.488. The SMILES string of the molecule is COC(=O)C[C@H](N)c1c([N+](=O)[O-])ccc(Cl)c1O. The van der Waals surface area contributed by atoms with E-state index < -0.39 is 28.4 Å². The average Bonchev–Trinajstić information content (AvgIpc) is 2.31. The van der Waals surface area contributed by atoms with E-state index >= 15 is 0 Å². The maximum Gasteiger partial charge on any atom is 0.307 e. The smallest absolute Gasteiger partial charge is 0.307 e. The molecule has 0 aliphatic heterocycles. The van der Waals surface area contributed by atoms with E-state index in [1.807, 2.05) is 0 Å². The number of nitro groups is 1. The lowest BCUT2D eigenvalue weighted by molar-refractivity contribution is -0.385. The van der Waals surface area contributed by atoms with Gasteiger partial charge in [0.15, 0.2) is 0 Å². The maximum atomic E-state index is 11.1. The lowest BCUT2D eigenvalue weighted by Gasteiger charge is -2.13. The number of aromatic hydroxyl groups is 1. The number of nitro benzene ring substituents is 1. The first-order chi connectivity index (χ1) is 8.38. The Morgan fingerprint density at radius 1 is 1.67 bits per heavy atom. The third-order valence-corrected chi connectivity index (χ3v) is 2.63. The molecular weight excluding hydrogens is 264 g/mol. The van der Waals surface area contributed by atoms with E-state index in [4.69, 9.17) is 17.3 Å². The second-order valence-electron chi connectivity index (χ2n) is 3.47. The van der Waals surface area contributed by atoms with Crippen LogP contribution in [0.25, 0.3) is 0 Å². The number of halogens is 1. The van der Waals surface area contributed by atoms with Gasteiger partial charge in [-0.1, -0.05) is 11.6 Å². The highest BCUT2D eigenvalue weighted by atomic mass is 35.5. The summed E-state index contributed by atoms with van der Waals surface area (Å²) >= 11 is 5.66. The van der Waals surface area contributed by atoms with Crippen molar-refractivity contribution in [2.24, 2.45) is 5.73 Å². The molecule has 7 nitrogen and oxygen atoms in total. The highest BCUT2D eigenvalue weighted by Gasteiger charge is 2.27. The molecule has 0 aliphatic carbocycles. The Bertz CT molecular complexity index is 491. The predicted molar refractivity (Wildman–Crippen MR) is 63.3 cm³/mol. The van der Waals surface area contributed by atoms with Gasteiger partial charge in [-0.3, -0.25) is 14.9 Å². The minimum absolute atomic E-state index is 0.0732. The number of carbonyl (C=O) groups is 1. The van der Waals surface area contributed by atoms with E-state index in [9.17, 15) is 20.0 Å². The van der Waals surface area contributed by atoms with Gasteiger partial charge in [-0.2, -0.15) is 0 Å². The summed E-state index contributed by atoms with van der Waals surface area (Å²) in [6.07, 6.45) is -0.300. The number of ether oxygens (including phenoxy) is 1. The Morgan fingerprint density at radius 2 is 2.28 bits per heavy atom. The van der Waals surface area contributed by atoms with Gasteiger partial charge in [-0.05, 0) is 6.07 Å². The standard InChI is InChI=1S/C10H11ClN2O5/c1-18-8(14)4-6(12)9-7(13(16)17)3-2-5(11)10(9)15/h2-3,6,15H,4,12H2,1H3/t6-/m0/s1. The molecule has 8 heteroatoms. The third kappa shape index (κ3) is 2.88. The molecule has 0 amide bonds. The van der Waals surface area contributed by atoms with Crippen LogP contribution in [0, 0.1) is 10.1 Å². The van der Waals surface area contributed by atoms with E-state index in [1.54, 1.807) is 0 Å². The van der Waals surface area contributed by atoms with Crippen molar-refractivity contribution in [2.45, 2.75) is 12.5 Å². The Labute approximate surface area is 107 Å². The Kier molecular flexibility index (Phi) is 4.46. The van der Waals surface area contributed by atoms with Crippen molar-refractivity contribution >= 4 is 23.3 Å². The van der Waals surface area contributed by atoms with Gasteiger partial charge in [-0.25, -0.2) is 0 Å². The summed E-state index contributed by atoms with van der Waals surface area (Å²) in [7, 11) is 1.17. The number of hydrogen-bond acceptors (Lipinski definition) is 6. The monoisotopic (exact) mass is 274 g/mol. The summed E-state index contributed by atoms with van der Waals surface area (Å²) < 4.78 is 4.41. The molecule has 0 saturated heterocycles. The van der Waals surface area contributed by atoms with Crippen LogP contribution in [0.4, 0.5) is 5.69 Å². The summed E-state index contributed by atoms with van der Waals surface area (Å²) in [6, 6.07) is 1.23. The molecule has 3 N–H and O–H groups in total. The van der Waals surface area contributed by atoms with Gasteiger partial charge in [0.1, 0.15) is 5.75 Å². The van der Waals surface area contributed by atoms with Crippen LogP contribution >= 0.6 is 11.6 Å². The largest absolute Gasteiger partial charge is 0.506 e. The van der Waals surface area contributed by atoms with Crippen LogP contribution in [-0.2, 0) is 9.53 Å². The number of phenolic OH excluding ortho intramolecular Hbond substituents is 1. The summed E-state index contributed by atoms with van der Waals surface area (Å²) in [5, 5.41) is 20.5. The first-order valence-electron chi connectivity index (χ1n) is 4.86. The molecule has 0 fully saturated rings. The molecule has 1 aromatic carbocycles. The molecule has 0 bridgehead atoms. The van der Waals surface area contributed by atoms with Crippen molar-refractivity contribution < 1.29 is 19.6 Å². The maximum absolute atomic E-state index is 11.1. The molecule has 1 atom stereocenters. The third-order valence-electron chi connectivity index (χ3n) is 2.33. The molecular formula is C10H11ClN2O5. The second kappa shape index (κ2) is 5.65. The molecule has 0 radical (unpaired) electrons. The first-order valence-corrected chi connectivity index (χ1v) is 5.24. The number of phenols is 1. The molecule has 1 aromatic rings. The topological polar surface area (TPSA) is 116 Å². The predicted octanol–water partition coefficient (Wildman–Crippen LogP) is 1.52. The minimum Gasteiger partial charge on any atom is -0.506 e. The summed E-state index contributed by atoms with van der Waals surface area (Å²) in [6.45, 7) is 0. The molecule has 0 unspecified atom stereocenters. The van der Waals surface area contributed by atoms with Crippen molar-refractivity contribution in [1.29, 1.82) is 0 Å². The molecule has 0 spiro atoms. The zero-order valence-corrected chi connectivity index (χ0v) is 10.2. The second-order valence-corrected chi connectivity index (χ2v) is 3.88. The van der Waals surface area contributed by atoms with Crippen LogP contribution in [0.3, 0.4) is 0 Å². The molecule has 98 valence electrons. The number of carbonyl (C=O) groups excluding carboxylic acids is 1. The minimum atomic E-state index is -1.07. The molecule has 0 aromatic heterocycles. The van der Waals surface area contributed by atoms with Crippen LogP contribution in [0.1, 0.15) is 18.0 Å². The number of hydrogen-bond donors (Lipinski definition) is 2. The number of methoxy groups -OCH3 is 1. The van der Waals surface area contributed by atoms with Gasteiger partial charge in [0.05, 0.1) is 35.1 Å². The van der Waals surface area contributed by atoms with E-state index in [0.717, 1.165) is 6.07 Å². The summed E-state index contributed by atoms with van der Waals surface area (Å²) in [4.78, 5) is 21.2. The van der Waals surface area contributed by atoms with Crippen molar-refractivity contribution in [3.63, 3.8) is 0 Å². The number of nitrogens with zero attached hydrogens (tertiary/aromatic N) is 1. The summed E-state index contributed by atoms with van der Waals surface area (Å²) in [5.74, 6) is -1.14. The molecule has 1 rings (SSSR count). The molecule has 0 aliphatic rings. The molecule has 0 saturated carbocycles. The lowest BCUT2D eigenvalue weighted by atomic mass is 10.0. The Hall–Kier alpha value is -1.86. The lowest BCUT2D eigenvalue weighted by Crippen LogP contribution is -2.17. The van der Waals surface area contributed by atoms with Crippen molar-refractivity contribution in [3.05, 3.63) is 32.8 Å². The first kappa shape index (κ1) is 14.2. The Morgan fingerprint density at radius 3 is 2.78 bits per heavy atom. The highest BCUT2D eigenvalue weighted by molar-refractivity contribution is 6.32. The van der Waals surface area contributed by atoms with Gasteiger partial charge in [0.2, 0.25) is 0 Å². The fraction of sp³-hybridized carbons (Fsp3) is 0.300. The van der Waals surface area contributed by atoms with Crippen molar-refractivity contribution in [3.8, 4) is 5.75 Å². The number of rotatable bonds is 4. The zero-order chi connectivity index (χ0) is 13.9. The molecule has 0 heterocycles. The van der Waals surface area contributed by atoms with Gasteiger partial charge in [-0.15, -0.1) is 0 Å². The van der Waals surface area contributed by atoms with E-state index in [1.165, 1.54) is 13.2 Å². The van der Waals surface area contributed by atoms with E-state index in [-0.39, 0.29) is 17.0 Å². The van der Waals surface area contributed by atoms with Gasteiger partial charge >= 0.3 is 5.97 Å².